The largest absolute Gasteiger partial charge is 0.497 e. The highest BCUT2D eigenvalue weighted by atomic mass is 127. The lowest BCUT2D eigenvalue weighted by atomic mass is 10.2. The zero-order valence-corrected chi connectivity index (χ0v) is 19.4. The first-order chi connectivity index (χ1) is 13.7. The highest BCUT2D eigenvalue weighted by Crippen LogP contribution is 2.16. The SMILES string of the molecule is COc1ccc(NC(N)=NCCCCN2CCN(c3ccccc3)CC2)cc1.I. The normalized spacial score (nSPS) is 14.9. The van der Waals surface area contributed by atoms with Crippen molar-refractivity contribution >= 4 is 41.3 Å². The maximum atomic E-state index is 5.96. The molecule has 2 aromatic carbocycles. The molecule has 1 aliphatic rings. The van der Waals surface area contributed by atoms with E-state index in [1.807, 2.05) is 24.3 Å². The molecule has 0 aliphatic carbocycles. The highest BCUT2D eigenvalue weighted by molar-refractivity contribution is 14.0. The molecule has 1 aliphatic heterocycles. The smallest absolute Gasteiger partial charge is 0.193 e. The molecule has 3 N–H and O–H groups in total. The molecule has 0 aromatic heterocycles. The minimum Gasteiger partial charge on any atom is -0.497 e. The number of hydrogen-bond donors (Lipinski definition) is 2. The molecule has 0 atom stereocenters. The number of nitrogens with zero attached hydrogens (tertiary/aromatic N) is 3. The minimum absolute atomic E-state index is 0. The van der Waals surface area contributed by atoms with Gasteiger partial charge in [-0.1, -0.05) is 18.2 Å². The quantitative estimate of drug-likeness (QED) is 0.246. The van der Waals surface area contributed by atoms with Crippen molar-refractivity contribution in [1.82, 2.24) is 4.90 Å². The van der Waals surface area contributed by atoms with E-state index in [0.29, 0.717) is 5.96 Å². The van der Waals surface area contributed by atoms with Crippen LogP contribution in [0.4, 0.5) is 11.4 Å². The molecule has 158 valence electrons. The molecular formula is C22H32IN5O. The summed E-state index contributed by atoms with van der Waals surface area (Å²) in [6.07, 6.45) is 2.19. The van der Waals surface area contributed by atoms with Gasteiger partial charge in [-0.15, -0.1) is 24.0 Å². The van der Waals surface area contributed by atoms with Crippen LogP contribution in [-0.2, 0) is 0 Å². The van der Waals surface area contributed by atoms with E-state index in [-0.39, 0.29) is 24.0 Å². The zero-order valence-electron chi connectivity index (χ0n) is 17.1. The molecule has 2 aromatic rings. The van der Waals surface area contributed by atoms with Gasteiger partial charge in [0.1, 0.15) is 5.75 Å². The average molecular weight is 509 g/mol. The van der Waals surface area contributed by atoms with E-state index in [1.165, 1.54) is 5.69 Å². The van der Waals surface area contributed by atoms with E-state index >= 15 is 0 Å². The van der Waals surface area contributed by atoms with Crippen molar-refractivity contribution in [3.05, 3.63) is 54.6 Å². The third-order valence-corrected chi connectivity index (χ3v) is 5.02. The number of halogens is 1. The first kappa shape index (κ1) is 23.3. The van der Waals surface area contributed by atoms with E-state index in [2.05, 4.69) is 50.4 Å². The second-order valence-corrected chi connectivity index (χ2v) is 6.99. The van der Waals surface area contributed by atoms with Crippen molar-refractivity contribution in [1.29, 1.82) is 0 Å². The summed E-state index contributed by atoms with van der Waals surface area (Å²) in [6.45, 7) is 6.32. The Morgan fingerprint density at radius 2 is 1.69 bits per heavy atom. The van der Waals surface area contributed by atoms with Gasteiger partial charge in [0.05, 0.1) is 7.11 Å². The highest BCUT2D eigenvalue weighted by Gasteiger charge is 2.16. The van der Waals surface area contributed by atoms with Crippen molar-refractivity contribution in [3.8, 4) is 5.75 Å². The van der Waals surface area contributed by atoms with Gasteiger partial charge >= 0.3 is 0 Å². The van der Waals surface area contributed by atoms with Crippen molar-refractivity contribution in [2.24, 2.45) is 10.7 Å². The summed E-state index contributed by atoms with van der Waals surface area (Å²) in [6, 6.07) is 18.3. The Morgan fingerprint density at radius 3 is 2.34 bits per heavy atom. The van der Waals surface area contributed by atoms with E-state index in [4.69, 9.17) is 10.5 Å². The van der Waals surface area contributed by atoms with E-state index < -0.39 is 0 Å². The standard InChI is InChI=1S/C22H31N5O.HI/c1-28-21-11-9-19(10-12-21)25-22(23)24-13-5-6-14-26-15-17-27(18-16-26)20-7-3-2-4-8-20;/h2-4,7-12H,5-6,13-18H2,1H3,(H3,23,24,25);1H. The molecule has 0 radical (unpaired) electrons. The summed E-state index contributed by atoms with van der Waals surface area (Å²) in [7, 11) is 1.65. The molecule has 1 saturated heterocycles. The van der Waals surface area contributed by atoms with E-state index in [0.717, 1.165) is 63.5 Å². The lowest BCUT2D eigenvalue weighted by Gasteiger charge is -2.36. The van der Waals surface area contributed by atoms with Crippen LogP contribution in [0.3, 0.4) is 0 Å². The summed E-state index contributed by atoms with van der Waals surface area (Å²) in [4.78, 5) is 9.43. The second kappa shape index (κ2) is 12.5. The third-order valence-electron chi connectivity index (χ3n) is 5.02. The van der Waals surface area contributed by atoms with E-state index in [9.17, 15) is 0 Å². The number of unbranched alkanes of at least 4 members (excludes halogenated alkanes) is 1. The van der Waals surface area contributed by atoms with Crippen LogP contribution in [0.25, 0.3) is 0 Å². The van der Waals surface area contributed by atoms with Crippen LogP contribution in [0, 0.1) is 0 Å². The second-order valence-electron chi connectivity index (χ2n) is 6.99. The molecular weight excluding hydrogens is 477 g/mol. The number of nitrogens with one attached hydrogen (secondary N) is 1. The molecule has 0 spiro atoms. The minimum atomic E-state index is 0. The van der Waals surface area contributed by atoms with Crippen LogP contribution in [0.1, 0.15) is 12.8 Å². The monoisotopic (exact) mass is 509 g/mol. The Bertz CT molecular complexity index is 731. The first-order valence-corrected chi connectivity index (χ1v) is 9.98. The van der Waals surface area contributed by atoms with Gasteiger partial charge in [0.15, 0.2) is 5.96 Å². The van der Waals surface area contributed by atoms with Gasteiger partial charge in [0, 0.05) is 44.1 Å². The topological polar surface area (TPSA) is 66.1 Å². The first-order valence-electron chi connectivity index (χ1n) is 9.98. The summed E-state index contributed by atoms with van der Waals surface area (Å²) >= 11 is 0. The molecule has 0 bridgehead atoms. The molecule has 0 saturated carbocycles. The van der Waals surface area contributed by atoms with Gasteiger partial charge in [0.25, 0.3) is 0 Å². The maximum absolute atomic E-state index is 5.96. The van der Waals surface area contributed by atoms with Gasteiger partial charge < -0.3 is 20.7 Å². The Kier molecular flexibility index (Phi) is 10.1. The third kappa shape index (κ3) is 7.74. The number of guanidine groups is 1. The number of ether oxygens (including phenoxy) is 1. The van der Waals surface area contributed by atoms with Crippen molar-refractivity contribution < 1.29 is 4.74 Å². The number of benzene rings is 2. The maximum Gasteiger partial charge on any atom is 0.193 e. The summed E-state index contributed by atoms with van der Waals surface area (Å²) in [5, 5.41) is 3.11. The summed E-state index contributed by atoms with van der Waals surface area (Å²) in [5.41, 5.74) is 8.21. The van der Waals surface area contributed by atoms with Crippen LogP contribution in [0.15, 0.2) is 59.6 Å². The van der Waals surface area contributed by atoms with Crippen LogP contribution < -0.4 is 20.7 Å². The molecule has 7 heteroatoms. The Hall–Kier alpha value is -2.00. The van der Waals surface area contributed by atoms with Gasteiger partial charge in [-0.05, 0) is 55.8 Å². The van der Waals surface area contributed by atoms with Crippen LogP contribution in [-0.4, -0.2) is 57.2 Å². The Balaban J connectivity index is 0.00000300. The molecule has 6 nitrogen and oxygen atoms in total. The summed E-state index contributed by atoms with van der Waals surface area (Å²) in [5.74, 6) is 1.28. The van der Waals surface area contributed by atoms with E-state index in [1.54, 1.807) is 7.11 Å². The number of hydrogen-bond acceptors (Lipinski definition) is 4. The lowest BCUT2D eigenvalue weighted by molar-refractivity contribution is 0.253. The van der Waals surface area contributed by atoms with Gasteiger partial charge in [-0.25, -0.2) is 0 Å². The number of piperazine rings is 1. The fraction of sp³-hybridized carbons (Fsp3) is 0.409. The van der Waals surface area contributed by atoms with Crippen LogP contribution in [0.5, 0.6) is 5.75 Å². The predicted molar refractivity (Wildman–Crippen MR) is 133 cm³/mol. The average Bonchev–Trinajstić information content (AvgIpc) is 2.75. The van der Waals surface area contributed by atoms with Crippen LogP contribution in [0.2, 0.25) is 0 Å². The van der Waals surface area contributed by atoms with Crippen molar-refractivity contribution in [3.63, 3.8) is 0 Å². The molecule has 3 rings (SSSR count). The number of rotatable bonds is 8. The number of methoxy groups -OCH3 is 1. The van der Waals surface area contributed by atoms with Crippen molar-refractivity contribution in [2.75, 3.05) is 56.6 Å². The Labute approximate surface area is 191 Å². The van der Waals surface area contributed by atoms with Crippen molar-refractivity contribution in [2.45, 2.75) is 12.8 Å². The molecule has 29 heavy (non-hydrogen) atoms. The summed E-state index contributed by atoms with van der Waals surface area (Å²) < 4.78 is 5.15. The number of para-hydroxylation sites is 1. The van der Waals surface area contributed by atoms with Gasteiger partial charge in [0.2, 0.25) is 0 Å². The number of nitrogens with two attached hydrogens (primary N) is 1. The van der Waals surface area contributed by atoms with Gasteiger partial charge in [-0.2, -0.15) is 0 Å². The fourth-order valence-electron chi connectivity index (χ4n) is 3.38. The van der Waals surface area contributed by atoms with Gasteiger partial charge in [-0.3, -0.25) is 9.89 Å². The molecule has 1 heterocycles. The molecule has 0 amide bonds. The Morgan fingerprint density at radius 1 is 1.00 bits per heavy atom. The zero-order chi connectivity index (χ0) is 19.6. The predicted octanol–water partition coefficient (Wildman–Crippen LogP) is 3.64. The lowest BCUT2D eigenvalue weighted by Crippen LogP contribution is -2.46. The number of anilines is 2. The molecule has 0 unspecified atom stereocenters. The molecule has 1 fully saturated rings. The van der Waals surface area contributed by atoms with Crippen LogP contribution >= 0.6 is 24.0 Å². The number of aliphatic imine (C=N–C) groups is 1. The fourth-order valence-corrected chi connectivity index (χ4v) is 3.38.